The second-order valence-electron chi connectivity index (χ2n) is 4.20. The quantitative estimate of drug-likeness (QED) is 0.664. The third-order valence-corrected chi connectivity index (χ3v) is 2.49. The maximum Gasteiger partial charge on any atom is 0.303 e. The molecule has 0 aliphatic heterocycles. The van der Waals surface area contributed by atoms with Crippen molar-refractivity contribution in [3.63, 3.8) is 0 Å². The van der Waals surface area contributed by atoms with Gasteiger partial charge in [0.15, 0.2) is 0 Å². The first-order chi connectivity index (χ1) is 9.61. The predicted octanol–water partition coefficient (Wildman–Crippen LogP) is 1.19. The first kappa shape index (κ1) is 16.0. The molecule has 6 heteroatoms. The Morgan fingerprint density at radius 2 is 1.95 bits per heavy atom. The van der Waals surface area contributed by atoms with E-state index in [1.165, 1.54) is 7.11 Å². The highest BCUT2D eigenvalue weighted by molar-refractivity contribution is 5.77. The lowest BCUT2D eigenvalue weighted by Crippen LogP contribution is -2.26. The van der Waals surface area contributed by atoms with Crippen molar-refractivity contribution < 1.29 is 24.2 Å². The van der Waals surface area contributed by atoms with Gasteiger partial charge in [-0.25, -0.2) is 0 Å². The molecule has 0 spiro atoms. The van der Waals surface area contributed by atoms with Gasteiger partial charge in [-0.2, -0.15) is 0 Å². The Morgan fingerprint density at radius 3 is 2.55 bits per heavy atom. The zero-order valence-electron chi connectivity index (χ0n) is 11.4. The number of nitrogens with one attached hydrogen (secondary N) is 1. The molecule has 0 aliphatic carbocycles. The first-order valence-electron chi connectivity index (χ1n) is 6.31. The summed E-state index contributed by atoms with van der Waals surface area (Å²) < 4.78 is 10.1. The Balaban J connectivity index is 2.29. The number of hydrogen-bond donors (Lipinski definition) is 2. The summed E-state index contributed by atoms with van der Waals surface area (Å²) in [5.74, 6) is -0.306. The number of carboxylic acid groups (broad SMARTS) is 1. The molecule has 0 saturated heterocycles. The van der Waals surface area contributed by atoms with Gasteiger partial charge >= 0.3 is 5.97 Å². The van der Waals surface area contributed by atoms with Crippen molar-refractivity contribution in [1.82, 2.24) is 5.32 Å². The predicted molar refractivity (Wildman–Crippen MR) is 72.5 cm³/mol. The fraction of sp³-hybridized carbons (Fsp3) is 0.429. The SMILES string of the molecule is COCC(=O)NCc1ccc(OCCCC(=O)O)cc1. The van der Waals surface area contributed by atoms with Gasteiger partial charge in [-0.15, -0.1) is 0 Å². The van der Waals surface area contributed by atoms with Crippen LogP contribution in [-0.4, -0.2) is 37.3 Å². The fourth-order valence-electron chi connectivity index (χ4n) is 1.50. The highest BCUT2D eigenvalue weighted by atomic mass is 16.5. The van der Waals surface area contributed by atoms with Crippen LogP contribution < -0.4 is 10.1 Å². The van der Waals surface area contributed by atoms with Gasteiger partial charge in [0, 0.05) is 20.1 Å². The molecular formula is C14H19NO5. The number of ether oxygens (including phenoxy) is 2. The minimum absolute atomic E-state index is 0.0464. The fourth-order valence-corrected chi connectivity index (χ4v) is 1.50. The van der Waals surface area contributed by atoms with E-state index in [1.807, 2.05) is 12.1 Å². The van der Waals surface area contributed by atoms with Crippen LogP contribution in [0.4, 0.5) is 0 Å². The van der Waals surface area contributed by atoms with Crippen LogP contribution in [0.2, 0.25) is 0 Å². The van der Waals surface area contributed by atoms with Crippen molar-refractivity contribution in [3.05, 3.63) is 29.8 Å². The smallest absolute Gasteiger partial charge is 0.303 e. The molecule has 0 aliphatic rings. The first-order valence-corrected chi connectivity index (χ1v) is 6.31. The van der Waals surface area contributed by atoms with Crippen LogP contribution >= 0.6 is 0 Å². The molecular weight excluding hydrogens is 262 g/mol. The summed E-state index contributed by atoms with van der Waals surface area (Å²) in [6, 6.07) is 7.27. The highest BCUT2D eigenvalue weighted by Gasteiger charge is 2.01. The number of carbonyl (C=O) groups excluding carboxylic acids is 1. The normalized spacial score (nSPS) is 10.1. The summed E-state index contributed by atoms with van der Waals surface area (Å²) in [6.45, 7) is 0.850. The average molecular weight is 281 g/mol. The molecule has 1 aromatic carbocycles. The molecule has 0 unspecified atom stereocenters. The number of aliphatic carboxylic acids is 1. The number of carbonyl (C=O) groups is 2. The minimum atomic E-state index is -0.823. The van der Waals surface area contributed by atoms with Crippen molar-refractivity contribution in [1.29, 1.82) is 0 Å². The van der Waals surface area contributed by atoms with Gasteiger partial charge in [0.2, 0.25) is 5.91 Å². The Bertz CT molecular complexity index is 430. The van der Waals surface area contributed by atoms with Crippen LogP contribution in [0.15, 0.2) is 24.3 Å². The average Bonchev–Trinajstić information content (AvgIpc) is 2.43. The molecule has 0 fully saturated rings. The molecule has 0 radical (unpaired) electrons. The Kier molecular flexibility index (Phi) is 7.13. The molecule has 20 heavy (non-hydrogen) atoms. The standard InChI is InChI=1S/C14H19NO5/c1-19-10-13(16)15-9-11-4-6-12(7-5-11)20-8-2-3-14(17)18/h4-7H,2-3,8-10H2,1H3,(H,15,16)(H,17,18). The second kappa shape index (κ2) is 8.92. The Morgan fingerprint density at radius 1 is 1.25 bits per heavy atom. The third kappa shape index (κ3) is 6.75. The summed E-state index contributed by atoms with van der Waals surface area (Å²) in [5.41, 5.74) is 0.951. The van der Waals surface area contributed by atoms with E-state index in [0.717, 1.165) is 5.56 Å². The minimum Gasteiger partial charge on any atom is -0.494 e. The molecule has 1 aromatic rings. The lowest BCUT2D eigenvalue weighted by Gasteiger charge is -2.07. The van der Waals surface area contributed by atoms with E-state index < -0.39 is 5.97 Å². The van der Waals surface area contributed by atoms with E-state index in [4.69, 9.17) is 14.6 Å². The van der Waals surface area contributed by atoms with E-state index in [2.05, 4.69) is 5.32 Å². The molecule has 1 rings (SSSR count). The summed E-state index contributed by atoms with van der Waals surface area (Å²) in [6.07, 6.45) is 0.577. The second-order valence-corrected chi connectivity index (χ2v) is 4.20. The zero-order valence-corrected chi connectivity index (χ0v) is 11.4. The van der Waals surface area contributed by atoms with Crippen LogP contribution in [0.25, 0.3) is 0 Å². The Hall–Kier alpha value is -2.08. The van der Waals surface area contributed by atoms with Crippen molar-refractivity contribution in [2.24, 2.45) is 0 Å². The van der Waals surface area contributed by atoms with E-state index in [-0.39, 0.29) is 18.9 Å². The molecule has 0 saturated carbocycles. The molecule has 6 nitrogen and oxygen atoms in total. The highest BCUT2D eigenvalue weighted by Crippen LogP contribution is 2.12. The monoisotopic (exact) mass is 281 g/mol. The van der Waals surface area contributed by atoms with Gasteiger partial charge in [-0.1, -0.05) is 12.1 Å². The molecule has 0 aromatic heterocycles. The van der Waals surface area contributed by atoms with Crippen LogP contribution in [0.3, 0.4) is 0 Å². The van der Waals surface area contributed by atoms with Gasteiger partial charge in [0.05, 0.1) is 6.61 Å². The molecule has 110 valence electrons. The summed E-state index contributed by atoms with van der Waals surface area (Å²) in [5, 5.41) is 11.2. The largest absolute Gasteiger partial charge is 0.494 e. The lowest BCUT2D eigenvalue weighted by atomic mass is 10.2. The van der Waals surface area contributed by atoms with E-state index in [0.29, 0.717) is 25.3 Å². The maximum atomic E-state index is 11.2. The van der Waals surface area contributed by atoms with Gasteiger partial charge < -0.3 is 19.9 Å². The van der Waals surface area contributed by atoms with Crippen molar-refractivity contribution in [2.45, 2.75) is 19.4 Å². The van der Waals surface area contributed by atoms with Crippen LogP contribution in [0.1, 0.15) is 18.4 Å². The zero-order chi connectivity index (χ0) is 14.8. The van der Waals surface area contributed by atoms with E-state index >= 15 is 0 Å². The Labute approximate surface area is 117 Å². The van der Waals surface area contributed by atoms with Gasteiger partial charge in [0.25, 0.3) is 0 Å². The van der Waals surface area contributed by atoms with Crippen molar-refractivity contribution in [3.8, 4) is 5.75 Å². The summed E-state index contributed by atoms with van der Waals surface area (Å²) in [7, 11) is 1.47. The van der Waals surface area contributed by atoms with Crippen molar-refractivity contribution in [2.75, 3.05) is 20.3 Å². The van der Waals surface area contributed by atoms with Crippen LogP contribution in [0, 0.1) is 0 Å². The molecule has 0 heterocycles. The number of benzene rings is 1. The molecule has 0 atom stereocenters. The maximum absolute atomic E-state index is 11.2. The number of hydrogen-bond acceptors (Lipinski definition) is 4. The van der Waals surface area contributed by atoms with Crippen LogP contribution in [-0.2, 0) is 20.9 Å². The van der Waals surface area contributed by atoms with Gasteiger partial charge in [-0.3, -0.25) is 9.59 Å². The van der Waals surface area contributed by atoms with Crippen molar-refractivity contribution >= 4 is 11.9 Å². The number of amides is 1. The summed E-state index contributed by atoms with van der Waals surface area (Å²) >= 11 is 0. The summed E-state index contributed by atoms with van der Waals surface area (Å²) in [4.78, 5) is 21.5. The topological polar surface area (TPSA) is 84.9 Å². The van der Waals surface area contributed by atoms with Crippen LogP contribution in [0.5, 0.6) is 5.75 Å². The molecule has 0 bridgehead atoms. The number of carboxylic acids is 1. The third-order valence-electron chi connectivity index (χ3n) is 2.49. The van der Waals surface area contributed by atoms with E-state index in [9.17, 15) is 9.59 Å². The number of rotatable bonds is 9. The van der Waals surface area contributed by atoms with Gasteiger partial charge in [-0.05, 0) is 24.1 Å². The van der Waals surface area contributed by atoms with Gasteiger partial charge in [0.1, 0.15) is 12.4 Å². The lowest BCUT2D eigenvalue weighted by molar-refractivity contribution is -0.137. The number of methoxy groups -OCH3 is 1. The van der Waals surface area contributed by atoms with E-state index in [1.54, 1.807) is 12.1 Å². The molecule has 1 amide bonds. The molecule has 2 N–H and O–H groups in total.